The van der Waals surface area contributed by atoms with E-state index in [1.54, 1.807) is 0 Å². The molecule has 0 atom stereocenters. The summed E-state index contributed by atoms with van der Waals surface area (Å²) in [6, 6.07) is 8.54. The van der Waals surface area contributed by atoms with Crippen LogP contribution in [-0.2, 0) is 11.2 Å². The fourth-order valence-electron chi connectivity index (χ4n) is 3.27. The zero-order valence-electron chi connectivity index (χ0n) is 13.0. The lowest BCUT2D eigenvalue weighted by Crippen LogP contribution is -2.36. The van der Waals surface area contributed by atoms with Crippen LogP contribution in [0.5, 0.6) is 0 Å². The number of carboxylic acids is 1. The predicted molar refractivity (Wildman–Crippen MR) is 88.3 cm³/mol. The van der Waals surface area contributed by atoms with Crippen LogP contribution in [0.15, 0.2) is 30.5 Å². The van der Waals surface area contributed by atoms with Gasteiger partial charge in [0.1, 0.15) is 0 Å². The minimum absolute atomic E-state index is 0.194. The molecule has 0 bridgehead atoms. The third-order valence-electron chi connectivity index (χ3n) is 4.51. The molecule has 1 aromatic carbocycles. The molecular formula is C18H22N2O2. The van der Waals surface area contributed by atoms with Crippen LogP contribution in [0.25, 0.3) is 10.9 Å². The van der Waals surface area contributed by atoms with Gasteiger partial charge in [-0.05, 0) is 43.0 Å². The Hall–Kier alpha value is -2.10. The number of aliphatic carboxylic acids is 1. The van der Waals surface area contributed by atoms with E-state index in [2.05, 4.69) is 41.1 Å². The number of rotatable bonds is 4. The molecular weight excluding hydrogens is 276 g/mol. The number of aryl methyl sites for hydroxylation is 1. The van der Waals surface area contributed by atoms with Crippen molar-refractivity contribution in [3.63, 3.8) is 0 Å². The summed E-state index contributed by atoms with van der Waals surface area (Å²) in [5, 5.41) is 10.3. The molecule has 1 N–H and O–H groups in total. The average molecular weight is 298 g/mol. The molecule has 0 radical (unpaired) electrons. The molecule has 1 fully saturated rings. The second-order valence-corrected chi connectivity index (χ2v) is 6.03. The van der Waals surface area contributed by atoms with Gasteiger partial charge in [0.05, 0.1) is 11.4 Å². The zero-order chi connectivity index (χ0) is 15.5. The monoisotopic (exact) mass is 298 g/mol. The van der Waals surface area contributed by atoms with E-state index in [4.69, 9.17) is 5.11 Å². The SMILES string of the molecule is CCCc1ccc2nccc(N3CCC(C(=O)O)CC3)c2c1. The quantitative estimate of drug-likeness (QED) is 0.938. The highest BCUT2D eigenvalue weighted by molar-refractivity contribution is 5.92. The third kappa shape index (κ3) is 2.91. The number of hydrogen-bond donors (Lipinski definition) is 1. The van der Waals surface area contributed by atoms with Crippen molar-refractivity contribution in [1.82, 2.24) is 4.98 Å². The molecule has 22 heavy (non-hydrogen) atoms. The number of carboxylic acid groups (broad SMARTS) is 1. The summed E-state index contributed by atoms with van der Waals surface area (Å²) in [6.07, 6.45) is 5.48. The maximum Gasteiger partial charge on any atom is 0.306 e. The lowest BCUT2D eigenvalue weighted by molar-refractivity contribution is -0.142. The van der Waals surface area contributed by atoms with Crippen molar-refractivity contribution in [2.45, 2.75) is 32.6 Å². The molecule has 1 aliphatic rings. The molecule has 1 aliphatic heterocycles. The van der Waals surface area contributed by atoms with E-state index in [9.17, 15) is 4.79 Å². The maximum absolute atomic E-state index is 11.1. The van der Waals surface area contributed by atoms with Gasteiger partial charge in [0.25, 0.3) is 0 Å². The van der Waals surface area contributed by atoms with Crippen LogP contribution in [0.2, 0.25) is 0 Å². The molecule has 0 amide bonds. The van der Waals surface area contributed by atoms with Gasteiger partial charge in [0.2, 0.25) is 0 Å². The first-order valence-electron chi connectivity index (χ1n) is 8.04. The van der Waals surface area contributed by atoms with Crippen molar-refractivity contribution in [3.8, 4) is 0 Å². The summed E-state index contributed by atoms with van der Waals surface area (Å²) in [4.78, 5) is 17.9. The van der Waals surface area contributed by atoms with E-state index in [1.165, 1.54) is 16.6 Å². The highest BCUT2D eigenvalue weighted by atomic mass is 16.4. The fourth-order valence-corrected chi connectivity index (χ4v) is 3.27. The first kappa shape index (κ1) is 14.8. The van der Waals surface area contributed by atoms with Crippen molar-refractivity contribution in [2.75, 3.05) is 18.0 Å². The minimum Gasteiger partial charge on any atom is -0.481 e. The average Bonchev–Trinajstić information content (AvgIpc) is 2.54. The van der Waals surface area contributed by atoms with E-state index in [1.807, 2.05) is 6.20 Å². The zero-order valence-corrected chi connectivity index (χ0v) is 13.0. The number of hydrogen-bond acceptors (Lipinski definition) is 3. The highest BCUT2D eigenvalue weighted by Gasteiger charge is 2.25. The Labute approximate surface area is 130 Å². The molecule has 3 rings (SSSR count). The van der Waals surface area contributed by atoms with Gasteiger partial charge < -0.3 is 10.0 Å². The van der Waals surface area contributed by atoms with Crippen molar-refractivity contribution >= 4 is 22.6 Å². The number of fused-ring (bicyclic) bond motifs is 1. The second-order valence-electron chi connectivity index (χ2n) is 6.03. The molecule has 0 aliphatic carbocycles. The van der Waals surface area contributed by atoms with Crippen molar-refractivity contribution in [1.29, 1.82) is 0 Å². The van der Waals surface area contributed by atoms with Gasteiger partial charge in [0.15, 0.2) is 0 Å². The van der Waals surface area contributed by atoms with E-state index < -0.39 is 5.97 Å². The van der Waals surface area contributed by atoms with E-state index in [0.29, 0.717) is 12.8 Å². The Kier molecular flexibility index (Phi) is 4.27. The van der Waals surface area contributed by atoms with Crippen LogP contribution in [-0.4, -0.2) is 29.1 Å². The Morgan fingerprint density at radius 1 is 1.32 bits per heavy atom. The van der Waals surface area contributed by atoms with Crippen LogP contribution >= 0.6 is 0 Å². The van der Waals surface area contributed by atoms with Gasteiger partial charge in [-0.1, -0.05) is 19.4 Å². The molecule has 2 aromatic rings. The first-order chi connectivity index (χ1) is 10.7. The summed E-state index contributed by atoms with van der Waals surface area (Å²) < 4.78 is 0. The number of carbonyl (C=O) groups is 1. The largest absolute Gasteiger partial charge is 0.481 e. The summed E-state index contributed by atoms with van der Waals surface area (Å²) in [6.45, 7) is 3.78. The highest BCUT2D eigenvalue weighted by Crippen LogP contribution is 2.30. The van der Waals surface area contributed by atoms with Crippen LogP contribution < -0.4 is 4.90 Å². The van der Waals surface area contributed by atoms with Gasteiger partial charge in [-0.3, -0.25) is 9.78 Å². The maximum atomic E-state index is 11.1. The smallest absolute Gasteiger partial charge is 0.306 e. The van der Waals surface area contributed by atoms with Crippen molar-refractivity contribution < 1.29 is 9.90 Å². The molecule has 4 heteroatoms. The van der Waals surface area contributed by atoms with Crippen molar-refractivity contribution in [3.05, 3.63) is 36.0 Å². The van der Waals surface area contributed by atoms with Crippen LogP contribution in [0.3, 0.4) is 0 Å². The molecule has 0 saturated carbocycles. The van der Waals surface area contributed by atoms with E-state index >= 15 is 0 Å². The molecule has 4 nitrogen and oxygen atoms in total. The summed E-state index contributed by atoms with van der Waals surface area (Å²) in [7, 11) is 0. The number of piperidine rings is 1. The van der Waals surface area contributed by atoms with E-state index in [0.717, 1.165) is 31.4 Å². The summed E-state index contributed by atoms with van der Waals surface area (Å²) in [5.41, 5.74) is 3.54. The van der Waals surface area contributed by atoms with E-state index in [-0.39, 0.29) is 5.92 Å². The Balaban J connectivity index is 1.90. The Morgan fingerprint density at radius 3 is 2.77 bits per heavy atom. The van der Waals surface area contributed by atoms with Gasteiger partial charge in [0, 0.05) is 30.4 Å². The first-order valence-corrected chi connectivity index (χ1v) is 8.04. The lowest BCUT2D eigenvalue weighted by atomic mass is 9.96. The lowest BCUT2D eigenvalue weighted by Gasteiger charge is -2.32. The number of aromatic nitrogens is 1. The Bertz CT molecular complexity index is 676. The Morgan fingerprint density at radius 2 is 2.09 bits per heavy atom. The van der Waals surface area contributed by atoms with Crippen LogP contribution in [0.4, 0.5) is 5.69 Å². The molecule has 1 saturated heterocycles. The van der Waals surface area contributed by atoms with Gasteiger partial charge >= 0.3 is 5.97 Å². The standard InChI is InChI=1S/C18H22N2O2/c1-2-3-13-4-5-16-15(12-13)17(6-9-19-16)20-10-7-14(8-11-20)18(21)22/h4-6,9,12,14H,2-3,7-8,10-11H2,1H3,(H,21,22). The number of pyridine rings is 1. The number of benzene rings is 1. The van der Waals surface area contributed by atoms with Gasteiger partial charge in [-0.15, -0.1) is 0 Å². The summed E-state index contributed by atoms with van der Waals surface area (Å²) in [5.74, 6) is -0.857. The minimum atomic E-state index is -0.663. The van der Waals surface area contributed by atoms with Crippen LogP contribution in [0.1, 0.15) is 31.7 Å². The topological polar surface area (TPSA) is 53.4 Å². The normalized spacial score (nSPS) is 16.1. The van der Waals surface area contributed by atoms with Gasteiger partial charge in [-0.25, -0.2) is 0 Å². The third-order valence-corrected chi connectivity index (χ3v) is 4.51. The molecule has 0 spiro atoms. The summed E-state index contributed by atoms with van der Waals surface area (Å²) >= 11 is 0. The molecule has 1 aromatic heterocycles. The van der Waals surface area contributed by atoms with Crippen LogP contribution in [0, 0.1) is 5.92 Å². The number of nitrogens with zero attached hydrogens (tertiary/aromatic N) is 2. The predicted octanol–water partition coefficient (Wildman–Crippen LogP) is 3.49. The number of anilines is 1. The molecule has 2 heterocycles. The molecule has 116 valence electrons. The van der Waals surface area contributed by atoms with Crippen molar-refractivity contribution in [2.24, 2.45) is 5.92 Å². The second kappa shape index (κ2) is 6.34. The van der Waals surface area contributed by atoms with Gasteiger partial charge in [-0.2, -0.15) is 0 Å². The fraction of sp³-hybridized carbons (Fsp3) is 0.444. The molecule has 0 unspecified atom stereocenters.